The van der Waals surface area contributed by atoms with Crippen molar-refractivity contribution in [2.75, 3.05) is 0 Å². The van der Waals surface area contributed by atoms with Crippen LogP contribution in [0.25, 0.3) is 22.8 Å². The van der Waals surface area contributed by atoms with Gasteiger partial charge in [-0.3, -0.25) is 14.2 Å². The Bertz CT molecular complexity index is 1080. The first-order chi connectivity index (χ1) is 12.2. The summed E-state index contributed by atoms with van der Waals surface area (Å²) in [6.45, 7) is 2.16. The third kappa shape index (κ3) is 2.48. The minimum absolute atomic E-state index is 0.137. The molecule has 0 N–H and O–H groups in total. The van der Waals surface area contributed by atoms with Gasteiger partial charge in [0, 0.05) is 6.20 Å². The Hall–Kier alpha value is -3.08. The predicted molar refractivity (Wildman–Crippen MR) is 97.1 cm³/mol. The van der Waals surface area contributed by atoms with E-state index in [4.69, 9.17) is 0 Å². The molecule has 124 valence electrons. The van der Waals surface area contributed by atoms with Gasteiger partial charge in [0.2, 0.25) is 5.78 Å². The van der Waals surface area contributed by atoms with E-state index in [1.54, 1.807) is 18.3 Å². The quantitative estimate of drug-likeness (QED) is 0.537. The van der Waals surface area contributed by atoms with Crippen LogP contribution in [0, 0.1) is 0 Å². The second-order valence-corrected chi connectivity index (χ2v) is 6.10. The van der Waals surface area contributed by atoms with E-state index >= 15 is 0 Å². The number of nitrogens with zero attached hydrogens (tertiary/aromatic N) is 3. The maximum Gasteiger partial charge on any atom is 0.267 e. The topological polar surface area (TPSA) is 64.8 Å². The molecule has 2 aromatic heterocycles. The number of hydrogen-bond donors (Lipinski definition) is 0. The van der Waals surface area contributed by atoms with Crippen LogP contribution in [0.5, 0.6) is 0 Å². The summed E-state index contributed by atoms with van der Waals surface area (Å²) < 4.78 is 1.40. The van der Waals surface area contributed by atoms with Crippen molar-refractivity contribution in [3.8, 4) is 5.69 Å². The van der Waals surface area contributed by atoms with E-state index in [1.807, 2.05) is 24.3 Å². The van der Waals surface area contributed by atoms with E-state index in [2.05, 4.69) is 23.0 Å². The van der Waals surface area contributed by atoms with Crippen molar-refractivity contribution in [2.45, 2.75) is 26.2 Å². The first-order valence-electron chi connectivity index (χ1n) is 8.44. The molecule has 5 heteroatoms. The number of carbonyl (C=O) groups excluding carboxylic acids is 1. The molecule has 1 aliphatic heterocycles. The van der Waals surface area contributed by atoms with Gasteiger partial charge in [-0.2, -0.15) is 0 Å². The van der Waals surface area contributed by atoms with Crippen LogP contribution < -0.4 is 5.56 Å². The number of unbranched alkanes of at least 4 members (excludes halogenated alkanes) is 2. The Kier molecular flexibility index (Phi) is 3.76. The maximum atomic E-state index is 12.8. The third-order valence-electron chi connectivity index (χ3n) is 4.39. The van der Waals surface area contributed by atoms with Crippen LogP contribution in [0.1, 0.15) is 47.9 Å². The molecule has 0 radical (unpaired) electrons. The number of carbonyl (C=O) groups is 1. The molecule has 0 unspecified atom stereocenters. The zero-order valence-corrected chi connectivity index (χ0v) is 13.9. The first-order valence-corrected chi connectivity index (χ1v) is 8.44. The second kappa shape index (κ2) is 6.09. The van der Waals surface area contributed by atoms with Crippen LogP contribution in [-0.4, -0.2) is 20.3 Å². The smallest absolute Gasteiger partial charge is 0.267 e. The Morgan fingerprint density at radius 2 is 2.08 bits per heavy atom. The lowest BCUT2D eigenvalue weighted by molar-refractivity contribution is 0.103. The maximum absolute atomic E-state index is 12.8. The molecular weight excluding hydrogens is 314 g/mol. The molecular formula is C20H17N3O2. The average molecular weight is 331 g/mol. The fraction of sp³-hybridized carbons (Fsp3) is 0.200. The van der Waals surface area contributed by atoms with Gasteiger partial charge in [0.25, 0.3) is 5.56 Å². The lowest BCUT2D eigenvalue weighted by Gasteiger charge is -2.05. The normalized spacial score (nSPS) is 12.8. The molecule has 0 atom stereocenters. The van der Waals surface area contributed by atoms with Crippen molar-refractivity contribution in [1.82, 2.24) is 14.5 Å². The molecule has 25 heavy (non-hydrogen) atoms. The zero-order chi connectivity index (χ0) is 17.4. The van der Waals surface area contributed by atoms with Crippen molar-refractivity contribution in [3.05, 3.63) is 69.9 Å². The number of hydrogen-bond acceptors (Lipinski definition) is 4. The Morgan fingerprint density at radius 3 is 2.92 bits per heavy atom. The van der Waals surface area contributed by atoms with Gasteiger partial charge in [-0.05, 0) is 36.2 Å². The molecule has 5 nitrogen and oxygen atoms in total. The summed E-state index contributed by atoms with van der Waals surface area (Å²) in [4.78, 5) is 33.9. The number of aromatic nitrogens is 3. The van der Waals surface area contributed by atoms with Gasteiger partial charge < -0.3 is 0 Å². The summed E-state index contributed by atoms with van der Waals surface area (Å²) in [5.74, 6) is -0.0956. The summed E-state index contributed by atoms with van der Waals surface area (Å²) in [5.41, 5.74) is 2.10. The molecule has 3 aromatic rings. The van der Waals surface area contributed by atoms with Crippen LogP contribution >= 0.6 is 0 Å². The molecule has 0 saturated heterocycles. The van der Waals surface area contributed by atoms with Gasteiger partial charge in [-0.15, -0.1) is 0 Å². The minimum Gasteiger partial charge on any atom is -0.285 e. The molecule has 1 aromatic carbocycles. The van der Waals surface area contributed by atoms with Crippen molar-refractivity contribution in [1.29, 1.82) is 0 Å². The highest BCUT2D eigenvalue weighted by Crippen LogP contribution is 2.27. The van der Waals surface area contributed by atoms with E-state index < -0.39 is 0 Å². The predicted octanol–water partition coefficient (Wildman–Crippen LogP) is 3.53. The molecule has 0 amide bonds. The van der Waals surface area contributed by atoms with Gasteiger partial charge in [0.15, 0.2) is 11.5 Å². The summed E-state index contributed by atoms with van der Waals surface area (Å²) in [6, 6.07) is 8.93. The lowest BCUT2D eigenvalue weighted by atomic mass is 10.1. The van der Waals surface area contributed by atoms with Gasteiger partial charge in [0.05, 0.1) is 16.6 Å². The largest absolute Gasteiger partial charge is 0.285 e. The minimum atomic E-state index is -0.258. The van der Waals surface area contributed by atoms with Crippen LogP contribution in [0.4, 0.5) is 0 Å². The van der Waals surface area contributed by atoms with Gasteiger partial charge in [-0.25, -0.2) is 9.97 Å². The first kappa shape index (κ1) is 15.4. The van der Waals surface area contributed by atoms with Crippen LogP contribution in [0.2, 0.25) is 0 Å². The van der Waals surface area contributed by atoms with Crippen molar-refractivity contribution < 1.29 is 4.79 Å². The van der Waals surface area contributed by atoms with Crippen LogP contribution in [0.15, 0.2) is 47.4 Å². The Morgan fingerprint density at radius 1 is 1.20 bits per heavy atom. The molecule has 0 aliphatic carbocycles. The highest BCUT2D eigenvalue weighted by molar-refractivity contribution is 6.13. The summed E-state index contributed by atoms with van der Waals surface area (Å²) in [5, 5.41) is 0.412. The third-order valence-corrected chi connectivity index (χ3v) is 4.39. The summed E-state index contributed by atoms with van der Waals surface area (Å²) in [7, 11) is 0. The molecule has 0 saturated carbocycles. The van der Waals surface area contributed by atoms with Gasteiger partial charge in [-0.1, -0.05) is 38.0 Å². The lowest BCUT2D eigenvalue weighted by Crippen LogP contribution is -2.21. The Balaban J connectivity index is 1.83. The van der Waals surface area contributed by atoms with Gasteiger partial charge in [0.1, 0.15) is 0 Å². The fourth-order valence-corrected chi connectivity index (χ4v) is 3.09. The molecule has 0 spiro atoms. The second-order valence-electron chi connectivity index (χ2n) is 6.10. The zero-order valence-electron chi connectivity index (χ0n) is 13.9. The number of fused-ring (bicyclic) bond motifs is 4. The average Bonchev–Trinajstić information content (AvgIpc) is 2.91. The van der Waals surface area contributed by atoms with E-state index in [-0.39, 0.29) is 17.2 Å². The SMILES string of the molecule is CCCC/C=C/c1ccc2c(c1)C(=O)c1nc3ncccc3c(=O)n1-2. The van der Waals surface area contributed by atoms with Crippen molar-refractivity contribution >= 4 is 22.9 Å². The van der Waals surface area contributed by atoms with Crippen LogP contribution in [-0.2, 0) is 0 Å². The summed E-state index contributed by atoms with van der Waals surface area (Å²) >= 11 is 0. The highest BCUT2D eigenvalue weighted by Gasteiger charge is 2.30. The van der Waals surface area contributed by atoms with E-state index in [9.17, 15) is 9.59 Å². The number of benzene rings is 1. The Labute approximate surface area is 144 Å². The fourth-order valence-electron chi connectivity index (χ4n) is 3.09. The number of pyridine rings is 1. The van der Waals surface area contributed by atoms with Gasteiger partial charge >= 0.3 is 0 Å². The van der Waals surface area contributed by atoms with Crippen LogP contribution in [0.3, 0.4) is 0 Å². The number of allylic oxidation sites excluding steroid dienone is 1. The number of ketones is 1. The van der Waals surface area contributed by atoms with E-state index in [0.717, 1.165) is 24.8 Å². The van der Waals surface area contributed by atoms with Crippen molar-refractivity contribution in [2.24, 2.45) is 0 Å². The summed E-state index contributed by atoms with van der Waals surface area (Å²) in [6.07, 6.45) is 9.00. The monoisotopic (exact) mass is 331 g/mol. The van der Waals surface area contributed by atoms with E-state index in [1.165, 1.54) is 4.57 Å². The highest BCUT2D eigenvalue weighted by atomic mass is 16.1. The van der Waals surface area contributed by atoms with E-state index in [0.29, 0.717) is 22.3 Å². The molecule has 3 heterocycles. The molecule has 0 bridgehead atoms. The molecule has 4 rings (SSSR count). The molecule has 0 fully saturated rings. The number of rotatable bonds is 4. The molecule has 1 aliphatic rings. The standard InChI is InChI=1S/C20H17N3O2/c1-2-3-4-5-7-13-9-10-16-15(12-13)17(24)19-22-18-14(8-6-11-21-18)20(25)23(16)19/h5-12H,2-4H2,1H3/b7-5+. The van der Waals surface area contributed by atoms with Crippen molar-refractivity contribution in [3.63, 3.8) is 0 Å².